The maximum atomic E-state index is 11.8. The van der Waals surface area contributed by atoms with Gasteiger partial charge in [-0.15, -0.1) is 0 Å². The number of aliphatic hydroxyl groups is 1. The van der Waals surface area contributed by atoms with Gasteiger partial charge >= 0.3 is 6.18 Å². The maximum absolute atomic E-state index is 11.8. The zero-order valence-corrected chi connectivity index (χ0v) is 9.85. The minimum atomic E-state index is -4.25. The van der Waals surface area contributed by atoms with E-state index in [4.69, 9.17) is 0 Å². The van der Waals surface area contributed by atoms with Crippen LogP contribution >= 0.6 is 15.9 Å². The highest BCUT2D eigenvalue weighted by molar-refractivity contribution is 9.10. The molecule has 0 heterocycles. The topological polar surface area (TPSA) is 32.3 Å². The van der Waals surface area contributed by atoms with Crippen LogP contribution in [-0.2, 0) is 0 Å². The van der Waals surface area contributed by atoms with Crippen molar-refractivity contribution in [2.45, 2.75) is 12.3 Å². The van der Waals surface area contributed by atoms with E-state index in [0.717, 1.165) is 4.47 Å². The molecule has 0 saturated carbocycles. The van der Waals surface area contributed by atoms with E-state index >= 15 is 0 Å². The fourth-order valence-corrected chi connectivity index (χ4v) is 1.60. The molecule has 0 saturated heterocycles. The molecule has 2 N–H and O–H groups in total. The molecule has 1 unspecified atom stereocenters. The van der Waals surface area contributed by atoms with E-state index < -0.39 is 18.8 Å². The van der Waals surface area contributed by atoms with E-state index in [1.165, 1.54) is 0 Å². The lowest BCUT2D eigenvalue weighted by atomic mass is 10.1. The van der Waals surface area contributed by atoms with Gasteiger partial charge in [0.15, 0.2) is 0 Å². The van der Waals surface area contributed by atoms with Crippen molar-refractivity contribution in [2.75, 3.05) is 13.1 Å². The number of hydrogen-bond donors (Lipinski definition) is 2. The average molecular weight is 298 g/mol. The second kappa shape index (κ2) is 5.65. The number of alkyl halides is 3. The number of aliphatic hydroxyl groups excluding tert-OH is 1. The Kier molecular flexibility index (Phi) is 4.76. The summed E-state index contributed by atoms with van der Waals surface area (Å²) in [6, 6.07) is 6.82. The molecule has 0 aliphatic carbocycles. The predicted octanol–water partition coefficient (Wildman–Crippen LogP) is 2.63. The van der Waals surface area contributed by atoms with Crippen LogP contribution < -0.4 is 5.32 Å². The van der Waals surface area contributed by atoms with Crippen LogP contribution in [0.2, 0.25) is 0 Å². The molecular formula is C10H11BrF3NO. The zero-order chi connectivity index (χ0) is 12.2. The molecule has 90 valence electrons. The summed E-state index contributed by atoms with van der Waals surface area (Å²) in [5, 5.41) is 11.7. The third-order valence-corrected chi connectivity index (χ3v) is 2.39. The smallest absolute Gasteiger partial charge is 0.387 e. The van der Waals surface area contributed by atoms with Gasteiger partial charge in [0.1, 0.15) is 0 Å². The van der Waals surface area contributed by atoms with Crippen LogP contribution in [0.3, 0.4) is 0 Å². The Morgan fingerprint density at radius 3 is 2.62 bits per heavy atom. The van der Waals surface area contributed by atoms with Crippen molar-refractivity contribution in [1.29, 1.82) is 0 Å². The second-order valence-electron chi connectivity index (χ2n) is 3.32. The number of halogens is 4. The summed E-state index contributed by atoms with van der Waals surface area (Å²) in [7, 11) is 0. The molecule has 1 aromatic rings. The van der Waals surface area contributed by atoms with Crippen molar-refractivity contribution in [3.63, 3.8) is 0 Å². The molecule has 0 aromatic heterocycles. The standard InChI is InChI=1S/C10H11BrF3NO/c11-8-3-1-2-7(4-8)9(16)5-15-6-10(12,13)14/h1-4,9,15-16H,5-6H2. The summed E-state index contributed by atoms with van der Waals surface area (Å²) in [4.78, 5) is 0. The molecule has 0 aliphatic heterocycles. The first-order valence-corrected chi connectivity index (χ1v) is 5.39. The molecule has 0 amide bonds. The third-order valence-electron chi connectivity index (χ3n) is 1.90. The van der Waals surface area contributed by atoms with Gasteiger partial charge in [0.05, 0.1) is 12.6 Å². The van der Waals surface area contributed by atoms with Crippen LogP contribution in [0.4, 0.5) is 13.2 Å². The quantitative estimate of drug-likeness (QED) is 0.895. The Bertz CT molecular complexity index is 343. The Labute approximate surface area is 99.6 Å². The molecule has 16 heavy (non-hydrogen) atoms. The van der Waals surface area contributed by atoms with Crippen molar-refractivity contribution < 1.29 is 18.3 Å². The van der Waals surface area contributed by atoms with E-state index in [0.29, 0.717) is 5.56 Å². The Balaban J connectivity index is 2.44. The predicted molar refractivity (Wildman–Crippen MR) is 58.0 cm³/mol. The number of benzene rings is 1. The van der Waals surface area contributed by atoms with Crippen LogP contribution in [0.5, 0.6) is 0 Å². The summed E-state index contributed by atoms with van der Waals surface area (Å²) in [6.07, 6.45) is -5.20. The second-order valence-corrected chi connectivity index (χ2v) is 4.23. The lowest BCUT2D eigenvalue weighted by Crippen LogP contribution is -2.31. The monoisotopic (exact) mass is 297 g/mol. The van der Waals surface area contributed by atoms with Gasteiger partial charge in [-0.3, -0.25) is 0 Å². The number of nitrogens with one attached hydrogen (secondary N) is 1. The van der Waals surface area contributed by atoms with Crippen molar-refractivity contribution in [3.05, 3.63) is 34.3 Å². The largest absolute Gasteiger partial charge is 0.401 e. The van der Waals surface area contributed by atoms with Crippen LogP contribution in [0.25, 0.3) is 0 Å². The first kappa shape index (κ1) is 13.5. The van der Waals surface area contributed by atoms with Crippen molar-refractivity contribution in [1.82, 2.24) is 5.32 Å². The van der Waals surface area contributed by atoms with Crippen LogP contribution in [0.15, 0.2) is 28.7 Å². The Morgan fingerprint density at radius 1 is 1.38 bits per heavy atom. The molecule has 6 heteroatoms. The summed E-state index contributed by atoms with van der Waals surface area (Å²) < 4.78 is 36.2. The maximum Gasteiger partial charge on any atom is 0.401 e. The van der Waals surface area contributed by atoms with E-state index in [2.05, 4.69) is 21.2 Å². The van der Waals surface area contributed by atoms with E-state index in [1.807, 2.05) is 0 Å². The van der Waals surface area contributed by atoms with Crippen molar-refractivity contribution >= 4 is 15.9 Å². The molecule has 0 radical (unpaired) electrons. The third kappa shape index (κ3) is 4.96. The molecule has 0 spiro atoms. The molecule has 0 fully saturated rings. The minimum Gasteiger partial charge on any atom is -0.387 e. The highest BCUT2D eigenvalue weighted by Gasteiger charge is 2.26. The van der Waals surface area contributed by atoms with Gasteiger partial charge in [-0.1, -0.05) is 28.1 Å². The summed E-state index contributed by atoms with van der Waals surface area (Å²) in [5.74, 6) is 0. The van der Waals surface area contributed by atoms with Crippen molar-refractivity contribution in [3.8, 4) is 0 Å². The highest BCUT2D eigenvalue weighted by Crippen LogP contribution is 2.18. The van der Waals surface area contributed by atoms with E-state index in [1.54, 1.807) is 24.3 Å². The lowest BCUT2D eigenvalue weighted by molar-refractivity contribution is -0.125. The summed E-state index contributed by atoms with van der Waals surface area (Å²) >= 11 is 3.22. The fourth-order valence-electron chi connectivity index (χ4n) is 1.18. The van der Waals surface area contributed by atoms with Crippen LogP contribution in [0.1, 0.15) is 11.7 Å². The van der Waals surface area contributed by atoms with Gasteiger partial charge in [-0.05, 0) is 17.7 Å². The van der Waals surface area contributed by atoms with Gasteiger partial charge in [0.25, 0.3) is 0 Å². The molecule has 1 aromatic carbocycles. The van der Waals surface area contributed by atoms with Gasteiger partial charge < -0.3 is 10.4 Å². The first-order chi connectivity index (χ1) is 7.38. The lowest BCUT2D eigenvalue weighted by Gasteiger charge is -2.13. The average Bonchev–Trinajstić information content (AvgIpc) is 2.15. The van der Waals surface area contributed by atoms with Gasteiger partial charge in [-0.2, -0.15) is 13.2 Å². The van der Waals surface area contributed by atoms with Gasteiger partial charge in [0, 0.05) is 11.0 Å². The van der Waals surface area contributed by atoms with E-state index in [9.17, 15) is 18.3 Å². The molecule has 1 atom stereocenters. The molecule has 1 rings (SSSR count). The zero-order valence-electron chi connectivity index (χ0n) is 8.26. The highest BCUT2D eigenvalue weighted by atomic mass is 79.9. The van der Waals surface area contributed by atoms with Crippen LogP contribution in [0, 0.1) is 0 Å². The molecule has 2 nitrogen and oxygen atoms in total. The molecule has 0 bridgehead atoms. The Morgan fingerprint density at radius 2 is 2.06 bits per heavy atom. The summed E-state index contributed by atoms with van der Waals surface area (Å²) in [6.45, 7) is -1.23. The number of hydrogen-bond acceptors (Lipinski definition) is 2. The SMILES string of the molecule is OC(CNCC(F)(F)F)c1cccc(Br)c1. The first-order valence-electron chi connectivity index (χ1n) is 4.59. The molecule has 0 aliphatic rings. The number of rotatable bonds is 4. The van der Waals surface area contributed by atoms with Gasteiger partial charge in [0.2, 0.25) is 0 Å². The van der Waals surface area contributed by atoms with Crippen molar-refractivity contribution in [2.24, 2.45) is 0 Å². The normalized spacial score (nSPS) is 13.8. The fraction of sp³-hybridized carbons (Fsp3) is 0.400. The van der Waals surface area contributed by atoms with E-state index in [-0.39, 0.29) is 6.54 Å². The van der Waals surface area contributed by atoms with Gasteiger partial charge in [-0.25, -0.2) is 0 Å². The van der Waals surface area contributed by atoms with Crippen LogP contribution in [-0.4, -0.2) is 24.4 Å². The minimum absolute atomic E-state index is 0.129. The molecular weight excluding hydrogens is 287 g/mol. The summed E-state index contributed by atoms with van der Waals surface area (Å²) in [5.41, 5.74) is 0.573. The Hall–Kier alpha value is -0.590.